The maximum Gasteiger partial charge on any atom is 0.433 e. The summed E-state index contributed by atoms with van der Waals surface area (Å²) in [6.07, 6.45) is 1.37. The number of aryl methyl sites for hydroxylation is 2. The van der Waals surface area contributed by atoms with Crippen LogP contribution in [0.5, 0.6) is 0 Å². The molecule has 0 aliphatic rings. The van der Waals surface area contributed by atoms with E-state index in [4.69, 9.17) is 4.42 Å². The Bertz CT molecular complexity index is 903. The Balaban J connectivity index is 0.00000225. The normalized spacial score (nSPS) is 10.6. The van der Waals surface area contributed by atoms with Gasteiger partial charge in [-0.25, -0.2) is 4.98 Å². The highest BCUT2D eigenvalue weighted by Gasteiger charge is 2.11. The Labute approximate surface area is 158 Å². The van der Waals surface area contributed by atoms with Gasteiger partial charge in [0.05, 0.1) is 18.0 Å². The van der Waals surface area contributed by atoms with Crippen LogP contribution >= 0.6 is 11.3 Å². The topological polar surface area (TPSA) is 93.6 Å². The van der Waals surface area contributed by atoms with Gasteiger partial charge in [-0.15, -0.1) is 11.3 Å². The molecule has 0 amide bonds. The molecule has 130 valence electrons. The number of benzene rings is 1. The molecule has 9 heteroatoms. The monoisotopic (exact) mass is 421 g/mol. The molecule has 0 bridgehead atoms. The highest BCUT2D eigenvalue weighted by molar-refractivity contribution is 7.15. The van der Waals surface area contributed by atoms with E-state index >= 15 is 0 Å². The first kappa shape index (κ1) is 18.8. The van der Waals surface area contributed by atoms with Crippen LogP contribution in [0.1, 0.15) is 16.2 Å². The van der Waals surface area contributed by atoms with Crippen molar-refractivity contribution >= 4 is 28.6 Å². The molecular weight excluding hydrogens is 408 g/mol. The average molecular weight is 422 g/mol. The first-order chi connectivity index (χ1) is 11.5. The highest BCUT2D eigenvalue weighted by Crippen LogP contribution is 2.30. The smallest absolute Gasteiger partial charge is 0.433 e. The van der Waals surface area contributed by atoms with E-state index in [1.54, 1.807) is 0 Å². The van der Waals surface area contributed by atoms with E-state index < -0.39 is 4.92 Å². The number of anilines is 1. The predicted octanol–water partition coefficient (Wildman–Crippen LogP) is 1.38. The number of hydrogen-bond acceptors (Lipinski definition) is 7. The second-order valence-corrected chi connectivity index (χ2v) is 6.30. The molecule has 0 fully saturated rings. The van der Waals surface area contributed by atoms with Gasteiger partial charge in [-0.1, -0.05) is 29.8 Å². The average Bonchev–Trinajstić information content (AvgIpc) is 3.15. The molecule has 2 heterocycles. The fourth-order valence-electron chi connectivity index (χ4n) is 2.08. The minimum atomic E-state index is -0.594. The number of hydrogen-bond donors (Lipinski definition) is 1. The van der Waals surface area contributed by atoms with Crippen LogP contribution < -0.4 is 22.4 Å². The molecular formula is C16H14BrN4O3S-. The number of hydrazone groups is 1. The van der Waals surface area contributed by atoms with E-state index in [0.29, 0.717) is 10.9 Å². The molecule has 3 aromatic rings. The standard InChI is InChI=1S/C16H14N4O3S.BrH/c1-10-3-5-12(6-4-10)15-11(2)24-16(18-15)19-17-9-13-7-8-14(23-13)20(21)22;/h3-9H,1-2H3,(H,18,19);1H/p-1/b17-9+;. The van der Waals surface area contributed by atoms with Gasteiger partial charge in [0.25, 0.3) is 0 Å². The minimum absolute atomic E-state index is 0. The van der Waals surface area contributed by atoms with E-state index in [9.17, 15) is 10.1 Å². The summed E-state index contributed by atoms with van der Waals surface area (Å²) in [6.45, 7) is 4.04. The van der Waals surface area contributed by atoms with Crippen molar-refractivity contribution in [2.24, 2.45) is 5.10 Å². The van der Waals surface area contributed by atoms with Crippen LogP contribution in [0.4, 0.5) is 11.0 Å². The molecule has 0 saturated carbocycles. The lowest BCUT2D eigenvalue weighted by molar-refractivity contribution is -0.402. The largest absolute Gasteiger partial charge is 1.00 e. The van der Waals surface area contributed by atoms with Crippen LogP contribution in [0, 0.1) is 24.0 Å². The van der Waals surface area contributed by atoms with Gasteiger partial charge in [-0.3, -0.25) is 15.5 Å². The Morgan fingerprint density at radius 3 is 2.60 bits per heavy atom. The van der Waals surface area contributed by atoms with Crippen molar-refractivity contribution < 1.29 is 26.3 Å². The van der Waals surface area contributed by atoms with Gasteiger partial charge in [-0.05, 0) is 19.9 Å². The summed E-state index contributed by atoms with van der Waals surface area (Å²) >= 11 is 1.48. The quantitative estimate of drug-likeness (QED) is 0.381. The Hall–Kier alpha value is -2.52. The number of furan rings is 1. The van der Waals surface area contributed by atoms with Gasteiger partial charge in [-0.2, -0.15) is 5.10 Å². The molecule has 1 N–H and O–H groups in total. The van der Waals surface area contributed by atoms with Crippen molar-refractivity contribution in [3.05, 3.63) is 62.7 Å². The molecule has 0 unspecified atom stereocenters. The van der Waals surface area contributed by atoms with Gasteiger partial charge in [0, 0.05) is 10.4 Å². The zero-order valence-electron chi connectivity index (χ0n) is 13.4. The molecule has 1 aromatic carbocycles. The third kappa shape index (κ3) is 4.52. The zero-order valence-corrected chi connectivity index (χ0v) is 15.8. The predicted molar refractivity (Wildman–Crippen MR) is 93.6 cm³/mol. The molecule has 3 rings (SSSR count). The Kier molecular flexibility index (Phi) is 6.05. The van der Waals surface area contributed by atoms with Gasteiger partial charge in [0.2, 0.25) is 5.13 Å². The summed E-state index contributed by atoms with van der Waals surface area (Å²) in [5.74, 6) is -0.0237. The fraction of sp³-hybridized carbons (Fsp3) is 0.125. The fourth-order valence-corrected chi connectivity index (χ4v) is 2.87. The van der Waals surface area contributed by atoms with Crippen molar-refractivity contribution in [2.75, 3.05) is 5.43 Å². The molecule has 0 aliphatic carbocycles. The van der Waals surface area contributed by atoms with E-state index in [0.717, 1.165) is 16.1 Å². The number of nitro groups is 1. The summed E-state index contributed by atoms with van der Waals surface area (Å²) in [5.41, 5.74) is 5.98. The zero-order chi connectivity index (χ0) is 17.1. The van der Waals surface area contributed by atoms with Crippen molar-refractivity contribution in [1.82, 2.24) is 4.98 Å². The number of aromatic nitrogens is 1. The maximum absolute atomic E-state index is 10.5. The van der Waals surface area contributed by atoms with Crippen molar-refractivity contribution in [3.8, 4) is 11.3 Å². The summed E-state index contributed by atoms with van der Waals surface area (Å²) in [6, 6.07) is 10.9. The molecule has 25 heavy (non-hydrogen) atoms. The van der Waals surface area contributed by atoms with Gasteiger partial charge < -0.3 is 21.4 Å². The van der Waals surface area contributed by atoms with Crippen LogP contribution in [0.25, 0.3) is 11.3 Å². The van der Waals surface area contributed by atoms with E-state index in [1.165, 1.54) is 35.2 Å². The lowest BCUT2D eigenvalue weighted by atomic mass is 10.1. The number of halogens is 1. The van der Waals surface area contributed by atoms with Gasteiger partial charge in [0.1, 0.15) is 4.92 Å². The molecule has 2 aromatic heterocycles. The molecule has 0 atom stereocenters. The molecule has 0 spiro atoms. The third-order valence-electron chi connectivity index (χ3n) is 3.27. The second kappa shape index (κ2) is 8.04. The minimum Gasteiger partial charge on any atom is -1.00 e. The number of thiazole rings is 1. The van der Waals surface area contributed by atoms with Crippen molar-refractivity contribution in [3.63, 3.8) is 0 Å². The Morgan fingerprint density at radius 1 is 1.24 bits per heavy atom. The van der Waals surface area contributed by atoms with E-state index in [2.05, 4.69) is 15.5 Å². The van der Waals surface area contributed by atoms with Crippen LogP contribution in [0.15, 0.2) is 45.9 Å². The van der Waals surface area contributed by atoms with Crippen LogP contribution in [-0.2, 0) is 0 Å². The number of nitrogens with zero attached hydrogens (tertiary/aromatic N) is 3. The van der Waals surface area contributed by atoms with E-state index in [-0.39, 0.29) is 22.9 Å². The van der Waals surface area contributed by atoms with Crippen molar-refractivity contribution in [2.45, 2.75) is 13.8 Å². The lowest BCUT2D eigenvalue weighted by Crippen LogP contribution is -3.00. The van der Waals surface area contributed by atoms with Crippen LogP contribution in [0.3, 0.4) is 0 Å². The second-order valence-electron chi connectivity index (χ2n) is 5.09. The van der Waals surface area contributed by atoms with Gasteiger partial charge in [0.15, 0.2) is 5.76 Å². The summed E-state index contributed by atoms with van der Waals surface area (Å²) in [5, 5.41) is 15.2. The Morgan fingerprint density at radius 2 is 1.96 bits per heavy atom. The highest BCUT2D eigenvalue weighted by atomic mass is 79.9. The molecule has 7 nitrogen and oxygen atoms in total. The van der Waals surface area contributed by atoms with E-state index in [1.807, 2.05) is 38.1 Å². The van der Waals surface area contributed by atoms with Gasteiger partial charge >= 0.3 is 5.88 Å². The maximum atomic E-state index is 10.5. The summed E-state index contributed by atoms with van der Waals surface area (Å²) in [7, 11) is 0. The summed E-state index contributed by atoms with van der Waals surface area (Å²) < 4.78 is 4.99. The SMILES string of the molecule is Cc1ccc(-c2nc(N/N=C/c3ccc([N+](=O)[O-])o3)sc2C)cc1.[Br-]. The van der Waals surface area contributed by atoms with Crippen LogP contribution in [0.2, 0.25) is 0 Å². The number of rotatable bonds is 5. The van der Waals surface area contributed by atoms with Crippen LogP contribution in [-0.4, -0.2) is 16.1 Å². The van der Waals surface area contributed by atoms with Crippen molar-refractivity contribution in [1.29, 1.82) is 0 Å². The molecule has 0 saturated heterocycles. The first-order valence-electron chi connectivity index (χ1n) is 7.10. The summed E-state index contributed by atoms with van der Waals surface area (Å²) in [4.78, 5) is 15.6. The molecule has 0 aliphatic heterocycles. The lowest BCUT2D eigenvalue weighted by Gasteiger charge is -1.99. The third-order valence-corrected chi connectivity index (χ3v) is 4.14. The molecule has 0 radical (unpaired) electrons. The first-order valence-corrected chi connectivity index (χ1v) is 7.92. The number of nitrogens with one attached hydrogen (secondary N) is 1.